The van der Waals surface area contributed by atoms with E-state index in [0.717, 1.165) is 5.56 Å². The molecule has 0 atom stereocenters. The van der Waals surface area contributed by atoms with E-state index in [2.05, 4.69) is 31.3 Å². The molecule has 2 heterocycles. The number of anilines is 1. The molecule has 1 fully saturated rings. The van der Waals surface area contributed by atoms with Crippen molar-refractivity contribution < 1.29 is 19.1 Å². The molecule has 2 amide bonds. The number of benzene rings is 1. The molecule has 0 radical (unpaired) electrons. The number of hydrogen-bond acceptors (Lipinski definition) is 7. The van der Waals surface area contributed by atoms with Crippen molar-refractivity contribution >= 4 is 45.5 Å². The molecule has 11 heteroatoms. The van der Waals surface area contributed by atoms with Crippen LogP contribution in [0.1, 0.15) is 39.2 Å². The molecular weight excluding hydrogens is 514 g/mol. The Labute approximate surface area is 206 Å². The summed E-state index contributed by atoms with van der Waals surface area (Å²) in [6.45, 7) is 6.50. The lowest BCUT2D eigenvalue weighted by Gasteiger charge is -2.38. The first kappa shape index (κ1) is 25.0. The van der Waals surface area contributed by atoms with Crippen LogP contribution in [0.5, 0.6) is 0 Å². The van der Waals surface area contributed by atoms with Crippen LogP contribution in [-0.2, 0) is 16.1 Å². The molecule has 0 bridgehead atoms. The Morgan fingerprint density at radius 2 is 1.91 bits per heavy atom. The zero-order valence-corrected chi connectivity index (χ0v) is 21.1. The number of piperidine rings is 1. The molecule has 1 aromatic carbocycles. The summed E-state index contributed by atoms with van der Waals surface area (Å²) in [4.78, 5) is 34.9. The lowest BCUT2D eigenvalue weighted by molar-refractivity contribution is 0.0501. The van der Waals surface area contributed by atoms with Crippen LogP contribution < -0.4 is 10.4 Å². The highest BCUT2D eigenvalue weighted by Crippen LogP contribution is 2.28. The molecule has 0 aliphatic carbocycles. The van der Waals surface area contributed by atoms with Gasteiger partial charge < -0.3 is 14.4 Å². The van der Waals surface area contributed by atoms with Gasteiger partial charge in [0.15, 0.2) is 5.82 Å². The van der Waals surface area contributed by atoms with Gasteiger partial charge in [-0.15, -0.1) is 0 Å². The van der Waals surface area contributed by atoms with Crippen molar-refractivity contribution in [2.45, 2.75) is 51.9 Å². The van der Waals surface area contributed by atoms with Gasteiger partial charge >= 0.3 is 12.2 Å². The van der Waals surface area contributed by atoms with Gasteiger partial charge in [0.2, 0.25) is 5.28 Å². The zero-order valence-electron chi connectivity index (χ0n) is 18.8. The Morgan fingerprint density at radius 3 is 2.55 bits per heavy atom. The van der Waals surface area contributed by atoms with E-state index in [4.69, 9.17) is 21.1 Å². The summed E-state index contributed by atoms with van der Waals surface area (Å²) in [5.74, 6) is 0.408. The summed E-state index contributed by atoms with van der Waals surface area (Å²) in [5, 5.41) is 1.67. The van der Waals surface area contributed by atoms with Crippen LogP contribution in [-0.4, -0.2) is 51.8 Å². The molecule has 2 aromatic rings. The third kappa shape index (κ3) is 7.46. The SMILES string of the molecule is CC(C)(C)OC(=O)NN(c1nc(Cl)ncc1Br)C1CCN(C(=O)OCc2ccccc2)CC1. The second-order valence-electron chi connectivity index (χ2n) is 8.55. The number of hydrogen-bond donors (Lipinski definition) is 1. The van der Waals surface area contributed by atoms with Gasteiger partial charge in [-0.25, -0.2) is 20.0 Å². The maximum Gasteiger partial charge on any atom is 0.426 e. The molecule has 1 N–H and O–H groups in total. The molecule has 9 nitrogen and oxygen atoms in total. The molecule has 1 aliphatic rings. The quantitative estimate of drug-likeness (QED) is 0.424. The van der Waals surface area contributed by atoms with Crippen LogP contribution in [0.3, 0.4) is 0 Å². The highest BCUT2D eigenvalue weighted by Gasteiger charge is 2.32. The Balaban J connectivity index is 1.66. The summed E-state index contributed by atoms with van der Waals surface area (Å²) < 4.78 is 11.4. The predicted octanol–water partition coefficient (Wildman–Crippen LogP) is 4.94. The van der Waals surface area contributed by atoms with Gasteiger partial charge in [0.05, 0.1) is 10.5 Å². The van der Waals surface area contributed by atoms with Gasteiger partial charge in [0.25, 0.3) is 0 Å². The summed E-state index contributed by atoms with van der Waals surface area (Å²) >= 11 is 9.43. The number of ether oxygens (including phenoxy) is 2. The van der Waals surface area contributed by atoms with E-state index in [1.807, 2.05) is 30.3 Å². The smallest absolute Gasteiger partial charge is 0.426 e. The van der Waals surface area contributed by atoms with Crippen LogP contribution in [0.4, 0.5) is 15.4 Å². The number of hydrazine groups is 1. The van der Waals surface area contributed by atoms with Gasteiger partial charge in [-0.3, -0.25) is 5.01 Å². The Hall–Kier alpha value is -2.59. The average molecular weight is 541 g/mol. The van der Waals surface area contributed by atoms with E-state index in [0.29, 0.717) is 36.2 Å². The van der Waals surface area contributed by atoms with E-state index in [9.17, 15) is 9.59 Å². The largest absolute Gasteiger partial charge is 0.445 e. The monoisotopic (exact) mass is 539 g/mol. The first-order valence-corrected chi connectivity index (χ1v) is 11.7. The van der Waals surface area contributed by atoms with Crippen molar-refractivity contribution in [3.05, 3.63) is 51.8 Å². The van der Waals surface area contributed by atoms with Crippen molar-refractivity contribution in [3.8, 4) is 0 Å². The second-order valence-corrected chi connectivity index (χ2v) is 9.75. The Bertz CT molecular complexity index is 965. The van der Waals surface area contributed by atoms with Crippen LogP contribution in [0, 0.1) is 0 Å². The first-order valence-electron chi connectivity index (χ1n) is 10.5. The predicted molar refractivity (Wildman–Crippen MR) is 128 cm³/mol. The molecule has 0 unspecified atom stereocenters. The number of carbonyl (C=O) groups excluding carboxylic acids is 2. The first-order chi connectivity index (χ1) is 15.6. The topological polar surface area (TPSA) is 96.9 Å². The fourth-order valence-electron chi connectivity index (χ4n) is 3.34. The molecule has 1 saturated heterocycles. The van der Waals surface area contributed by atoms with Gasteiger partial charge in [-0.2, -0.15) is 4.98 Å². The summed E-state index contributed by atoms with van der Waals surface area (Å²) in [6.07, 6.45) is 1.68. The van der Waals surface area contributed by atoms with Crippen molar-refractivity contribution in [2.75, 3.05) is 18.1 Å². The summed E-state index contributed by atoms with van der Waals surface area (Å²) in [6, 6.07) is 9.38. The third-order valence-electron chi connectivity index (χ3n) is 4.83. The molecule has 1 aliphatic heterocycles. The standard InChI is InChI=1S/C22H27BrClN5O4/c1-22(2,3)33-20(30)27-29(18-17(23)13-25-19(24)26-18)16-9-11-28(12-10-16)21(31)32-14-15-7-5-4-6-8-15/h4-8,13,16H,9-12,14H2,1-3H3,(H,27,30). The number of halogens is 2. The summed E-state index contributed by atoms with van der Waals surface area (Å²) in [7, 11) is 0. The van der Waals surface area contributed by atoms with E-state index < -0.39 is 11.7 Å². The lowest BCUT2D eigenvalue weighted by atomic mass is 10.0. The van der Waals surface area contributed by atoms with Gasteiger partial charge in [0.1, 0.15) is 12.2 Å². The molecule has 33 heavy (non-hydrogen) atoms. The highest BCUT2D eigenvalue weighted by atomic mass is 79.9. The van der Waals surface area contributed by atoms with Crippen molar-refractivity contribution in [2.24, 2.45) is 0 Å². The number of nitrogens with zero attached hydrogens (tertiary/aromatic N) is 4. The second kappa shape index (κ2) is 11.0. The van der Waals surface area contributed by atoms with Gasteiger partial charge in [-0.05, 0) is 66.7 Å². The summed E-state index contributed by atoms with van der Waals surface area (Å²) in [5.41, 5.74) is 3.04. The molecule has 0 spiro atoms. The van der Waals surface area contributed by atoms with Crippen LogP contribution in [0.25, 0.3) is 0 Å². The molecule has 3 rings (SSSR count). The zero-order chi connectivity index (χ0) is 24.0. The number of nitrogens with one attached hydrogen (secondary N) is 1. The van der Waals surface area contributed by atoms with E-state index in [1.165, 1.54) is 6.20 Å². The number of rotatable bonds is 5. The number of amides is 2. The normalized spacial score (nSPS) is 14.5. The minimum atomic E-state index is -0.665. The van der Waals surface area contributed by atoms with Crippen LogP contribution in [0.15, 0.2) is 41.0 Å². The van der Waals surface area contributed by atoms with E-state index in [-0.39, 0.29) is 24.0 Å². The molecule has 1 aromatic heterocycles. The maximum absolute atomic E-state index is 12.5. The average Bonchev–Trinajstić information content (AvgIpc) is 2.77. The highest BCUT2D eigenvalue weighted by molar-refractivity contribution is 9.10. The maximum atomic E-state index is 12.5. The molecular formula is C22H27BrClN5O4. The minimum Gasteiger partial charge on any atom is -0.445 e. The Kier molecular flexibility index (Phi) is 8.36. The van der Waals surface area contributed by atoms with Crippen LogP contribution in [0.2, 0.25) is 5.28 Å². The van der Waals surface area contributed by atoms with Crippen molar-refractivity contribution in [1.82, 2.24) is 20.3 Å². The number of carbonyl (C=O) groups is 2. The Morgan fingerprint density at radius 1 is 1.24 bits per heavy atom. The van der Waals surface area contributed by atoms with Gasteiger partial charge in [0, 0.05) is 19.3 Å². The van der Waals surface area contributed by atoms with E-state index >= 15 is 0 Å². The van der Waals surface area contributed by atoms with E-state index in [1.54, 1.807) is 30.7 Å². The minimum absolute atomic E-state index is 0.0473. The third-order valence-corrected chi connectivity index (χ3v) is 5.57. The molecule has 0 saturated carbocycles. The fraction of sp³-hybridized carbons (Fsp3) is 0.455. The number of likely N-dealkylation sites (tertiary alicyclic amines) is 1. The number of aromatic nitrogens is 2. The van der Waals surface area contributed by atoms with Crippen molar-refractivity contribution in [1.29, 1.82) is 0 Å². The fourth-order valence-corrected chi connectivity index (χ4v) is 3.85. The van der Waals surface area contributed by atoms with Crippen molar-refractivity contribution in [3.63, 3.8) is 0 Å². The van der Waals surface area contributed by atoms with Crippen LogP contribution >= 0.6 is 27.5 Å². The van der Waals surface area contributed by atoms with Gasteiger partial charge in [-0.1, -0.05) is 30.3 Å². The lowest BCUT2D eigenvalue weighted by Crippen LogP contribution is -2.55. The molecule has 178 valence electrons.